The first-order chi connectivity index (χ1) is 11.2. The highest BCUT2D eigenvalue weighted by atomic mass is 16.5. The van der Waals surface area contributed by atoms with Crippen LogP contribution in [0.1, 0.15) is 28.5 Å². The number of nitrogens with zero attached hydrogens (tertiary/aromatic N) is 1. The fourth-order valence-electron chi connectivity index (χ4n) is 2.31. The maximum atomic E-state index is 12.0. The second-order valence-corrected chi connectivity index (χ2v) is 5.07. The number of benzene rings is 1. The Morgan fingerprint density at radius 3 is 2.83 bits per heavy atom. The van der Waals surface area contributed by atoms with Crippen molar-refractivity contribution >= 4 is 16.9 Å². The number of esters is 1. The van der Waals surface area contributed by atoms with Gasteiger partial charge in [-0.3, -0.25) is 0 Å². The zero-order valence-electron chi connectivity index (χ0n) is 12.6. The van der Waals surface area contributed by atoms with Gasteiger partial charge in [-0.15, -0.1) is 0 Å². The summed E-state index contributed by atoms with van der Waals surface area (Å²) in [7, 11) is 0. The van der Waals surface area contributed by atoms with E-state index in [9.17, 15) is 9.59 Å². The molecule has 0 atom stereocenters. The molecule has 23 heavy (non-hydrogen) atoms. The Balaban J connectivity index is 1.88. The van der Waals surface area contributed by atoms with E-state index in [4.69, 9.17) is 9.15 Å². The summed E-state index contributed by atoms with van der Waals surface area (Å²) in [6.07, 6.45) is 2.37. The summed E-state index contributed by atoms with van der Waals surface area (Å²) in [6, 6.07) is 12.0. The highest BCUT2D eigenvalue weighted by Crippen LogP contribution is 2.20. The van der Waals surface area contributed by atoms with Gasteiger partial charge in [-0.05, 0) is 30.2 Å². The summed E-state index contributed by atoms with van der Waals surface area (Å²) in [5.41, 5.74) is 1.95. The number of aromatic nitrogens is 1. The van der Waals surface area contributed by atoms with Gasteiger partial charge in [0.1, 0.15) is 17.9 Å². The van der Waals surface area contributed by atoms with Gasteiger partial charge in [-0.1, -0.05) is 25.1 Å². The van der Waals surface area contributed by atoms with Crippen molar-refractivity contribution in [3.8, 4) is 0 Å². The first-order valence-electron chi connectivity index (χ1n) is 7.31. The monoisotopic (exact) mass is 309 g/mol. The van der Waals surface area contributed by atoms with Crippen LogP contribution in [0.25, 0.3) is 11.0 Å². The standard InChI is InChI=1S/C18H15NO4/c1-2-12-6-7-14-13(10-17(20)23-16(14)9-12)11-22-18(21)15-5-3-4-8-19-15/h3-10H,2,11H2,1H3. The SMILES string of the molecule is CCc1ccc2c(COC(=O)c3ccccn3)cc(=O)oc2c1. The van der Waals surface area contributed by atoms with Crippen molar-refractivity contribution < 1.29 is 13.9 Å². The third-order valence-corrected chi connectivity index (χ3v) is 3.54. The van der Waals surface area contributed by atoms with Crippen LogP contribution in [-0.4, -0.2) is 11.0 Å². The van der Waals surface area contributed by atoms with Crippen molar-refractivity contribution in [1.29, 1.82) is 0 Å². The molecule has 0 fully saturated rings. The molecule has 0 unspecified atom stereocenters. The molecule has 2 aromatic heterocycles. The number of pyridine rings is 1. The number of hydrogen-bond donors (Lipinski definition) is 0. The summed E-state index contributed by atoms with van der Waals surface area (Å²) in [5, 5.41) is 0.760. The van der Waals surface area contributed by atoms with Crippen molar-refractivity contribution in [2.45, 2.75) is 20.0 Å². The zero-order chi connectivity index (χ0) is 16.2. The average molecular weight is 309 g/mol. The van der Waals surface area contributed by atoms with Crippen LogP contribution in [0.2, 0.25) is 0 Å². The zero-order valence-corrected chi connectivity index (χ0v) is 12.6. The van der Waals surface area contributed by atoms with E-state index in [1.807, 2.05) is 25.1 Å². The molecule has 1 aromatic carbocycles. The molecule has 116 valence electrons. The van der Waals surface area contributed by atoms with Gasteiger partial charge in [0, 0.05) is 23.2 Å². The van der Waals surface area contributed by atoms with Gasteiger partial charge >= 0.3 is 11.6 Å². The van der Waals surface area contributed by atoms with Crippen LogP contribution in [0, 0.1) is 0 Å². The van der Waals surface area contributed by atoms with E-state index in [0.717, 1.165) is 17.4 Å². The second-order valence-electron chi connectivity index (χ2n) is 5.07. The van der Waals surface area contributed by atoms with E-state index in [-0.39, 0.29) is 12.3 Å². The quantitative estimate of drug-likeness (QED) is 0.547. The number of ether oxygens (including phenoxy) is 1. The highest BCUT2D eigenvalue weighted by Gasteiger charge is 2.11. The lowest BCUT2D eigenvalue weighted by Crippen LogP contribution is -2.09. The predicted molar refractivity (Wildman–Crippen MR) is 85.2 cm³/mol. The fraction of sp³-hybridized carbons (Fsp3) is 0.167. The lowest BCUT2D eigenvalue weighted by Gasteiger charge is -2.07. The van der Waals surface area contributed by atoms with E-state index in [1.54, 1.807) is 18.2 Å². The molecule has 0 bridgehead atoms. The number of fused-ring (bicyclic) bond motifs is 1. The van der Waals surface area contributed by atoms with Crippen molar-refractivity contribution in [2.24, 2.45) is 0 Å². The van der Waals surface area contributed by atoms with Crippen molar-refractivity contribution in [1.82, 2.24) is 4.98 Å². The number of hydrogen-bond acceptors (Lipinski definition) is 5. The summed E-state index contributed by atoms with van der Waals surface area (Å²) in [4.78, 5) is 27.6. The van der Waals surface area contributed by atoms with Gasteiger partial charge in [-0.25, -0.2) is 14.6 Å². The summed E-state index contributed by atoms with van der Waals surface area (Å²) < 4.78 is 10.5. The number of carbonyl (C=O) groups is 1. The van der Waals surface area contributed by atoms with Crippen molar-refractivity contribution in [2.75, 3.05) is 0 Å². The molecule has 0 saturated carbocycles. The Hall–Kier alpha value is -2.95. The fourth-order valence-corrected chi connectivity index (χ4v) is 2.31. The van der Waals surface area contributed by atoms with E-state index < -0.39 is 11.6 Å². The smallest absolute Gasteiger partial charge is 0.357 e. The molecule has 2 heterocycles. The van der Waals surface area contributed by atoms with E-state index >= 15 is 0 Å². The van der Waals surface area contributed by atoms with Crippen LogP contribution in [0.15, 0.2) is 57.9 Å². The minimum Gasteiger partial charge on any atom is -0.456 e. The Morgan fingerprint density at radius 1 is 1.22 bits per heavy atom. The maximum Gasteiger partial charge on any atom is 0.357 e. The van der Waals surface area contributed by atoms with Crippen molar-refractivity contribution in [3.05, 3.63) is 75.9 Å². The Bertz CT molecular complexity index is 900. The molecule has 0 aliphatic heterocycles. The van der Waals surface area contributed by atoms with E-state index in [1.165, 1.54) is 12.3 Å². The summed E-state index contributed by atoms with van der Waals surface area (Å²) in [5.74, 6) is -0.530. The van der Waals surface area contributed by atoms with Gasteiger partial charge in [-0.2, -0.15) is 0 Å². The van der Waals surface area contributed by atoms with Crippen LogP contribution in [-0.2, 0) is 17.8 Å². The first-order valence-corrected chi connectivity index (χ1v) is 7.31. The topological polar surface area (TPSA) is 69.4 Å². The van der Waals surface area contributed by atoms with Crippen LogP contribution >= 0.6 is 0 Å². The summed E-state index contributed by atoms with van der Waals surface area (Å²) >= 11 is 0. The Morgan fingerprint density at radius 2 is 2.09 bits per heavy atom. The van der Waals surface area contributed by atoms with Crippen LogP contribution in [0.5, 0.6) is 0 Å². The predicted octanol–water partition coefficient (Wildman–Crippen LogP) is 3.11. The Kier molecular flexibility index (Phi) is 4.19. The lowest BCUT2D eigenvalue weighted by molar-refractivity contribution is 0.0467. The lowest BCUT2D eigenvalue weighted by atomic mass is 10.1. The van der Waals surface area contributed by atoms with Gasteiger partial charge in [0.15, 0.2) is 0 Å². The number of aryl methyl sites for hydroxylation is 1. The molecular weight excluding hydrogens is 294 g/mol. The minimum absolute atomic E-state index is 0.0109. The molecule has 3 aromatic rings. The van der Waals surface area contributed by atoms with Crippen LogP contribution < -0.4 is 5.63 Å². The molecule has 0 aliphatic rings. The summed E-state index contributed by atoms with van der Waals surface area (Å²) in [6.45, 7) is 2.01. The second kappa shape index (κ2) is 6.44. The molecule has 0 radical (unpaired) electrons. The molecule has 5 heteroatoms. The normalized spacial score (nSPS) is 10.7. The van der Waals surface area contributed by atoms with Gasteiger partial charge < -0.3 is 9.15 Å². The third kappa shape index (κ3) is 3.29. The van der Waals surface area contributed by atoms with Gasteiger partial charge in [0.25, 0.3) is 0 Å². The van der Waals surface area contributed by atoms with Crippen LogP contribution in [0.4, 0.5) is 0 Å². The van der Waals surface area contributed by atoms with Gasteiger partial charge in [0.2, 0.25) is 0 Å². The highest BCUT2D eigenvalue weighted by molar-refractivity contribution is 5.87. The molecule has 0 aliphatic carbocycles. The van der Waals surface area contributed by atoms with Crippen LogP contribution in [0.3, 0.4) is 0 Å². The molecule has 5 nitrogen and oxygen atoms in total. The molecule has 0 spiro atoms. The minimum atomic E-state index is -0.530. The number of rotatable bonds is 4. The average Bonchev–Trinajstić information content (AvgIpc) is 2.59. The largest absolute Gasteiger partial charge is 0.456 e. The first kappa shape index (κ1) is 15.0. The maximum absolute atomic E-state index is 12.0. The molecule has 0 amide bonds. The molecule has 0 saturated heterocycles. The van der Waals surface area contributed by atoms with E-state index in [2.05, 4.69) is 4.98 Å². The van der Waals surface area contributed by atoms with Gasteiger partial charge in [0.05, 0.1) is 0 Å². The molecule has 0 N–H and O–H groups in total. The molecular formula is C18H15NO4. The third-order valence-electron chi connectivity index (χ3n) is 3.54. The Labute approximate surface area is 132 Å². The van der Waals surface area contributed by atoms with Crippen molar-refractivity contribution in [3.63, 3.8) is 0 Å². The number of carbonyl (C=O) groups excluding carboxylic acids is 1. The molecule has 3 rings (SSSR count). The van der Waals surface area contributed by atoms with E-state index in [0.29, 0.717) is 11.1 Å².